The van der Waals surface area contributed by atoms with Gasteiger partial charge in [0.25, 0.3) is 5.69 Å². The van der Waals surface area contributed by atoms with Crippen molar-refractivity contribution in [1.82, 2.24) is 14.8 Å². The number of hydrogen-bond acceptors (Lipinski definition) is 5. The molecule has 1 aromatic rings. The topological polar surface area (TPSA) is 82.5 Å². The lowest BCUT2D eigenvalue weighted by atomic mass is 10.2. The van der Waals surface area contributed by atoms with E-state index in [1.807, 2.05) is 0 Å². The number of rotatable bonds is 6. The highest BCUT2D eigenvalue weighted by atomic mass is 16.6. The van der Waals surface area contributed by atoms with E-state index in [1.54, 1.807) is 0 Å². The molecule has 110 valence electrons. The molecule has 20 heavy (non-hydrogen) atoms. The predicted octanol–water partition coefficient (Wildman–Crippen LogP) is 1.13. The molecule has 1 N–H and O–H groups in total. The van der Waals surface area contributed by atoms with Crippen molar-refractivity contribution in [3.8, 4) is 0 Å². The molecule has 2 rings (SSSR count). The Hall–Kier alpha value is -1.73. The van der Waals surface area contributed by atoms with Gasteiger partial charge in [0.15, 0.2) is 5.78 Å². The highest BCUT2D eigenvalue weighted by molar-refractivity contribution is 5.96. The molecule has 1 saturated heterocycles. The summed E-state index contributed by atoms with van der Waals surface area (Å²) in [5.74, 6) is -0.0953. The lowest BCUT2D eigenvalue weighted by Crippen LogP contribution is -2.48. The van der Waals surface area contributed by atoms with Crippen molar-refractivity contribution in [3.05, 3.63) is 28.1 Å². The smallest absolute Gasteiger partial charge is 0.287 e. The fourth-order valence-corrected chi connectivity index (χ4v) is 2.42. The van der Waals surface area contributed by atoms with Gasteiger partial charge in [-0.15, -0.1) is 0 Å². The van der Waals surface area contributed by atoms with Gasteiger partial charge in [0.2, 0.25) is 0 Å². The molecule has 0 unspecified atom stereocenters. The maximum atomic E-state index is 12.0. The number of carbonyl (C=O) groups excluding carboxylic acids is 1. The van der Waals surface area contributed by atoms with E-state index in [1.165, 1.54) is 12.3 Å². The van der Waals surface area contributed by atoms with E-state index in [9.17, 15) is 14.9 Å². The summed E-state index contributed by atoms with van der Waals surface area (Å²) in [4.78, 5) is 29.3. The number of nitro groups is 1. The maximum Gasteiger partial charge on any atom is 0.287 e. The van der Waals surface area contributed by atoms with Gasteiger partial charge in [-0.25, -0.2) is 0 Å². The first-order chi connectivity index (χ1) is 9.60. The molecule has 0 atom stereocenters. The number of carbonyl (C=O) groups is 1. The van der Waals surface area contributed by atoms with Crippen LogP contribution in [0, 0.1) is 10.1 Å². The van der Waals surface area contributed by atoms with Crippen LogP contribution in [0.3, 0.4) is 0 Å². The number of ketones is 1. The Bertz CT molecular complexity index is 478. The number of Topliss-reactive ketones (excluding diaryl/α,β-unsaturated/α-hetero) is 1. The van der Waals surface area contributed by atoms with Crippen molar-refractivity contribution >= 4 is 11.5 Å². The Morgan fingerprint density at radius 1 is 1.35 bits per heavy atom. The van der Waals surface area contributed by atoms with Crippen LogP contribution in [0.4, 0.5) is 5.69 Å². The molecule has 1 fully saturated rings. The summed E-state index contributed by atoms with van der Waals surface area (Å²) in [6.07, 6.45) is 2.40. The Morgan fingerprint density at radius 2 is 2.00 bits per heavy atom. The van der Waals surface area contributed by atoms with Crippen LogP contribution < -0.4 is 0 Å². The minimum absolute atomic E-state index is 0.0684. The number of piperazine rings is 1. The first-order valence-corrected chi connectivity index (χ1v) is 6.91. The molecule has 7 heteroatoms. The van der Waals surface area contributed by atoms with Crippen molar-refractivity contribution in [3.63, 3.8) is 0 Å². The Morgan fingerprint density at radius 3 is 2.55 bits per heavy atom. The number of aromatic amines is 1. The van der Waals surface area contributed by atoms with Gasteiger partial charge in [0, 0.05) is 32.2 Å². The van der Waals surface area contributed by atoms with Gasteiger partial charge in [0.1, 0.15) is 0 Å². The van der Waals surface area contributed by atoms with Crippen LogP contribution in [0.2, 0.25) is 0 Å². The lowest BCUT2D eigenvalue weighted by Gasteiger charge is -2.33. The lowest BCUT2D eigenvalue weighted by molar-refractivity contribution is -0.384. The second kappa shape index (κ2) is 6.62. The Kier molecular flexibility index (Phi) is 4.86. The molecule has 0 radical (unpaired) electrons. The van der Waals surface area contributed by atoms with Gasteiger partial charge in [-0.1, -0.05) is 6.92 Å². The second-order valence-corrected chi connectivity index (χ2v) is 5.07. The molecule has 1 aliphatic rings. The number of H-pyrrole nitrogens is 1. The summed E-state index contributed by atoms with van der Waals surface area (Å²) >= 11 is 0. The monoisotopic (exact) mass is 280 g/mol. The molecule has 0 saturated carbocycles. The fourth-order valence-electron chi connectivity index (χ4n) is 2.42. The standard InChI is InChI=1S/C13H20N4O3/c1-2-3-15-4-6-16(7-5-15)10-13(18)12-8-11(9-14-12)17(19)20/h8-9,14H,2-7,10H2,1H3. The van der Waals surface area contributed by atoms with Gasteiger partial charge in [-0.2, -0.15) is 0 Å². The Labute approximate surface area is 117 Å². The zero-order valence-corrected chi connectivity index (χ0v) is 11.7. The maximum absolute atomic E-state index is 12.0. The molecule has 2 heterocycles. The quantitative estimate of drug-likeness (QED) is 0.480. The zero-order chi connectivity index (χ0) is 14.5. The largest absolute Gasteiger partial charge is 0.353 e. The van der Waals surface area contributed by atoms with Crippen LogP contribution in [0.25, 0.3) is 0 Å². The van der Waals surface area contributed by atoms with E-state index in [2.05, 4.69) is 21.7 Å². The molecule has 7 nitrogen and oxygen atoms in total. The molecular weight excluding hydrogens is 260 g/mol. The average Bonchev–Trinajstić information content (AvgIpc) is 2.91. The Balaban J connectivity index is 1.84. The second-order valence-electron chi connectivity index (χ2n) is 5.07. The van der Waals surface area contributed by atoms with Gasteiger partial charge in [-0.3, -0.25) is 19.8 Å². The van der Waals surface area contributed by atoms with Crippen molar-refractivity contribution in [2.75, 3.05) is 39.3 Å². The molecule has 1 aromatic heterocycles. The van der Waals surface area contributed by atoms with Gasteiger partial charge in [0.05, 0.1) is 23.4 Å². The van der Waals surface area contributed by atoms with Crippen LogP contribution in [0.15, 0.2) is 12.3 Å². The molecule has 0 amide bonds. The van der Waals surface area contributed by atoms with Crippen LogP contribution >= 0.6 is 0 Å². The van der Waals surface area contributed by atoms with E-state index in [-0.39, 0.29) is 11.5 Å². The minimum atomic E-state index is -0.503. The van der Waals surface area contributed by atoms with E-state index < -0.39 is 4.92 Å². The predicted molar refractivity (Wildman–Crippen MR) is 74.9 cm³/mol. The molecule has 0 aliphatic carbocycles. The number of nitrogens with zero attached hydrogens (tertiary/aromatic N) is 3. The van der Waals surface area contributed by atoms with Crippen LogP contribution in [-0.4, -0.2) is 64.8 Å². The van der Waals surface area contributed by atoms with E-state index >= 15 is 0 Å². The van der Waals surface area contributed by atoms with Crippen molar-refractivity contribution in [2.45, 2.75) is 13.3 Å². The highest BCUT2D eigenvalue weighted by Crippen LogP contribution is 2.13. The van der Waals surface area contributed by atoms with E-state index in [0.717, 1.165) is 39.1 Å². The SMILES string of the molecule is CCCN1CCN(CC(=O)c2cc([N+](=O)[O-])c[nH]2)CC1. The number of aromatic nitrogens is 1. The average molecular weight is 280 g/mol. The van der Waals surface area contributed by atoms with Crippen LogP contribution in [0.5, 0.6) is 0 Å². The third kappa shape index (κ3) is 3.64. The molecular formula is C13H20N4O3. The molecule has 1 aliphatic heterocycles. The van der Waals surface area contributed by atoms with Gasteiger partial charge >= 0.3 is 0 Å². The summed E-state index contributed by atoms with van der Waals surface area (Å²) < 4.78 is 0. The first-order valence-electron chi connectivity index (χ1n) is 6.91. The van der Waals surface area contributed by atoms with Gasteiger partial charge in [-0.05, 0) is 13.0 Å². The molecule has 0 spiro atoms. The number of nitrogens with one attached hydrogen (secondary N) is 1. The van der Waals surface area contributed by atoms with Crippen molar-refractivity contribution < 1.29 is 9.72 Å². The highest BCUT2D eigenvalue weighted by Gasteiger charge is 2.20. The third-order valence-corrected chi connectivity index (χ3v) is 3.55. The van der Waals surface area contributed by atoms with E-state index in [4.69, 9.17) is 0 Å². The summed E-state index contributed by atoms with van der Waals surface area (Å²) in [6.45, 7) is 7.28. The minimum Gasteiger partial charge on any atom is -0.353 e. The summed E-state index contributed by atoms with van der Waals surface area (Å²) in [5, 5.41) is 10.6. The van der Waals surface area contributed by atoms with Crippen LogP contribution in [-0.2, 0) is 0 Å². The van der Waals surface area contributed by atoms with Gasteiger partial charge < -0.3 is 9.88 Å². The third-order valence-electron chi connectivity index (χ3n) is 3.55. The zero-order valence-electron chi connectivity index (χ0n) is 11.7. The molecule has 0 bridgehead atoms. The normalized spacial score (nSPS) is 17.2. The summed E-state index contributed by atoms with van der Waals surface area (Å²) in [5.41, 5.74) is 0.244. The van der Waals surface area contributed by atoms with Crippen molar-refractivity contribution in [1.29, 1.82) is 0 Å². The summed E-state index contributed by atoms with van der Waals surface area (Å²) in [7, 11) is 0. The fraction of sp³-hybridized carbons (Fsp3) is 0.615. The number of hydrogen-bond donors (Lipinski definition) is 1. The van der Waals surface area contributed by atoms with E-state index in [0.29, 0.717) is 12.2 Å². The van der Waals surface area contributed by atoms with Crippen LogP contribution in [0.1, 0.15) is 23.8 Å². The van der Waals surface area contributed by atoms with Crippen molar-refractivity contribution in [2.24, 2.45) is 0 Å². The summed E-state index contributed by atoms with van der Waals surface area (Å²) in [6, 6.07) is 1.30. The first kappa shape index (κ1) is 14.7. The molecule has 0 aromatic carbocycles.